The van der Waals surface area contributed by atoms with Gasteiger partial charge in [0.2, 0.25) is 9.84 Å². The molecule has 0 radical (unpaired) electrons. The minimum Gasteiger partial charge on any atom is -0.489 e. The molecule has 0 saturated carbocycles. The van der Waals surface area contributed by atoms with E-state index < -0.39 is 9.84 Å². The van der Waals surface area contributed by atoms with Gasteiger partial charge in [-0.1, -0.05) is 0 Å². The first kappa shape index (κ1) is 20.6. The van der Waals surface area contributed by atoms with Gasteiger partial charge in [-0.15, -0.1) is 0 Å². The van der Waals surface area contributed by atoms with Crippen molar-refractivity contribution in [3.63, 3.8) is 0 Å². The summed E-state index contributed by atoms with van der Waals surface area (Å²) in [5.74, 6) is 1.19. The number of ether oxygens (including phenoxy) is 2. The normalized spacial score (nSPS) is 11.1. The maximum atomic E-state index is 12.9. The molecule has 0 unspecified atom stereocenters. The van der Waals surface area contributed by atoms with Crippen LogP contribution in [0.4, 0.5) is 0 Å². The molecule has 156 valence electrons. The standard InChI is InChI=1S/C24H20N2O4S/c27-31(28,23-5-1-21(2-6-23)29-17-19-9-13-25-14-10-19)24-7-3-22(4-8-24)30-18-20-11-15-26-16-12-20/h1-16H,17-18H2. The Hall–Kier alpha value is -3.71. The van der Waals surface area contributed by atoms with Gasteiger partial charge in [0.05, 0.1) is 9.79 Å². The summed E-state index contributed by atoms with van der Waals surface area (Å²) < 4.78 is 37.2. The van der Waals surface area contributed by atoms with Crippen LogP contribution in [0.25, 0.3) is 0 Å². The highest BCUT2D eigenvalue weighted by Gasteiger charge is 2.17. The largest absolute Gasteiger partial charge is 0.489 e. The molecule has 0 N–H and O–H groups in total. The minimum atomic E-state index is -3.63. The van der Waals surface area contributed by atoms with Crippen LogP contribution >= 0.6 is 0 Å². The van der Waals surface area contributed by atoms with Gasteiger partial charge in [-0.2, -0.15) is 0 Å². The zero-order chi connectivity index (χ0) is 21.5. The summed E-state index contributed by atoms with van der Waals surface area (Å²) >= 11 is 0. The molecule has 2 aromatic carbocycles. The number of hydrogen-bond acceptors (Lipinski definition) is 6. The van der Waals surface area contributed by atoms with E-state index in [1.165, 1.54) is 0 Å². The molecule has 4 rings (SSSR count). The third-order valence-electron chi connectivity index (χ3n) is 4.58. The topological polar surface area (TPSA) is 78.4 Å². The van der Waals surface area contributed by atoms with Crippen LogP contribution in [-0.4, -0.2) is 18.4 Å². The van der Waals surface area contributed by atoms with Crippen molar-refractivity contribution >= 4 is 9.84 Å². The molecule has 4 aromatic rings. The Morgan fingerprint density at radius 2 is 0.903 bits per heavy atom. The van der Waals surface area contributed by atoms with Crippen LogP contribution in [0.2, 0.25) is 0 Å². The zero-order valence-corrected chi connectivity index (χ0v) is 17.4. The smallest absolute Gasteiger partial charge is 0.206 e. The lowest BCUT2D eigenvalue weighted by atomic mass is 10.3. The number of pyridine rings is 2. The van der Waals surface area contributed by atoms with Gasteiger partial charge in [0, 0.05) is 24.8 Å². The van der Waals surface area contributed by atoms with Crippen molar-refractivity contribution in [1.29, 1.82) is 0 Å². The van der Waals surface area contributed by atoms with E-state index in [-0.39, 0.29) is 9.79 Å². The lowest BCUT2D eigenvalue weighted by Gasteiger charge is -2.09. The number of nitrogens with zero attached hydrogens (tertiary/aromatic N) is 2. The Balaban J connectivity index is 1.40. The van der Waals surface area contributed by atoms with Crippen LogP contribution in [0.1, 0.15) is 11.1 Å². The van der Waals surface area contributed by atoms with Gasteiger partial charge < -0.3 is 9.47 Å². The van der Waals surface area contributed by atoms with Crippen molar-refractivity contribution in [1.82, 2.24) is 9.97 Å². The van der Waals surface area contributed by atoms with Crippen LogP contribution < -0.4 is 9.47 Å². The third-order valence-corrected chi connectivity index (χ3v) is 6.36. The van der Waals surface area contributed by atoms with E-state index in [9.17, 15) is 8.42 Å². The highest BCUT2D eigenvalue weighted by molar-refractivity contribution is 7.91. The first-order valence-electron chi connectivity index (χ1n) is 9.60. The SMILES string of the molecule is O=S(=O)(c1ccc(OCc2ccncc2)cc1)c1ccc(OCc2ccncc2)cc1. The molecular weight excluding hydrogens is 412 g/mol. The Labute approximate surface area is 181 Å². The molecular formula is C24H20N2O4S. The van der Waals surface area contributed by atoms with E-state index in [4.69, 9.17) is 9.47 Å². The maximum Gasteiger partial charge on any atom is 0.206 e. The second-order valence-electron chi connectivity index (χ2n) is 6.73. The van der Waals surface area contributed by atoms with Crippen molar-refractivity contribution in [3.05, 3.63) is 109 Å². The Kier molecular flexibility index (Phi) is 6.24. The van der Waals surface area contributed by atoms with Crippen LogP contribution in [0.3, 0.4) is 0 Å². The predicted molar refractivity (Wildman–Crippen MR) is 115 cm³/mol. The molecule has 0 aliphatic carbocycles. The summed E-state index contributed by atoms with van der Waals surface area (Å²) in [7, 11) is -3.63. The Morgan fingerprint density at radius 3 is 1.26 bits per heavy atom. The van der Waals surface area contributed by atoms with E-state index in [0.29, 0.717) is 24.7 Å². The van der Waals surface area contributed by atoms with Crippen molar-refractivity contribution in [2.75, 3.05) is 0 Å². The molecule has 0 aliphatic rings. The van der Waals surface area contributed by atoms with Gasteiger partial charge in [-0.05, 0) is 83.9 Å². The first-order chi connectivity index (χ1) is 15.1. The van der Waals surface area contributed by atoms with Crippen molar-refractivity contribution < 1.29 is 17.9 Å². The molecule has 2 aromatic heterocycles. The number of aromatic nitrogens is 2. The summed E-state index contributed by atoms with van der Waals surface area (Å²) in [6.45, 7) is 0.769. The minimum absolute atomic E-state index is 0.203. The summed E-state index contributed by atoms with van der Waals surface area (Å²) in [6, 6.07) is 20.3. The molecule has 0 aliphatic heterocycles. The summed E-state index contributed by atoms with van der Waals surface area (Å²) in [6.07, 6.45) is 6.79. The van der Waals surface area contributed by atoms with E-state index in [1.807, 2.05) is 24.3 Å². The lowest BCUT2D eigenvalue weighted by Crippen LogP contribution is -2.03. The average Bonchev–Trinajstić information content (AvgIpc) is 2.83. The number of sulfone groups is 1. The molecule has 0 bridgehead atoms. The number of rotatable bonds is 8. The Bertz CT molecular complexity index is 1120. The maximum absolute atomic E-state index is 12.9. The monoisotopic (exact) mass is 432 g/mol. The van der Waals surface area contributed by atoms with E-state index >= 15 is 0 Å². The summed E-state index contributed by atoms with van der Waals surface area (Å²) in [5.41, 5.74) is 1.97. The van der Waals surface area contributed by atoms with E-state index in [1.54, 1.807) is 73.3 Å². The second kappa shape index (κ2) is 9.40. The summed E-state index contributed by atoms with van der Waals surface area (Å²) in [4.78, 5) is 8.34. The number of benzene rings is 2. The highest BCUT2D eigenvalue weighted by atomic mass is 32.2. The molecule has 0 saturated heterocycles. The first-order valence-corrected chi connectivity index (χ1v) is 11.1. The predicted octanol–water partition coefficient (Wildman–Crippen LogP) is 4.47. The highest BCUT2D eigenvalue weighted by Crippen LogP contribution is 2.25. The van der Waals surface area contributed by atoms with Gasteiger partial charge in [0.25, 0.3) is 0 Å². The van der Waals surface area contributed by atoms with Crippen LogP contribution in [0, 0.1) is 0 Å². The number of hydrogen-bond donors (Lipinski definition) is 0. The third kappa shape index (κ3) is 5.26. The second-order valence-corrected chi connectivity index (χ2v) is 8.68. The quantitative estimate of drug-likeness (QED) is 0.409. The molecule has 6 nitrogen and oxygen atoms in total. The van der Waals surface area contributed by atoms with Gasteiger partial charge in [-0.3, -0.25) is 9.97 Å². The van der Waals surface area contributed by atoms with Gasteiger partial charge in [0.1, 0.15) is 24.7 Å². The van der Waals surface area contributed by atoms with Gasteiger partial charge >= 0.3 is 0 Å². The van der Waals surface area contributed by atoms with Crippen molar-refractivity contribution in [3.8, 4) is 11.5 Å². The molecule has 31 heavy (non-hydrogen) atoms. The lowest BCUT2D eigenvalue weighted by molar-refractivity contribution is 0.306. The summed E-state index contributed by atoms with van der Waals surface area (Å²) in [5, 5.41) is 0. The van der Waals surface area contributed by atoms with Gasteiger partial charge in [0.15, 0.2) is 0 Å². The molecule has 7 heteroatoms. The van der Waals surface area contributed by atoms with Crippen molar-refractivity contribution in [2.24, 2.45) is 0 Å². The fraction of sp³-hybridized carbons (Fsp3) is 0.0833. The van der Waals surface area contributed by atoms with Crippen LogP contribution in [-0.2, 0) is 23.1 Å². The van der Waals surface area contributed by atoms with E-state index in [2.05, 4.69) is 9.97 Å². The van der Waals surface area contributed by atoms with Crippen LogP contribution in [0.5, 0.6) is 11.5 Å². The molecule has 0 spiro atoms. The molecule has 2 heterocycles. The van der Waals surface area contributed by atoms with Crippen LogP contribution in [0.15, 0.2) is 107 Å². The molecule has 0 atom stereocenters. The fourth-order valence-corrected chi connectivity index (χ4v) is 4.12. The average molecular weight is 433 g/mol. The molecule has 0 amide bonds. The molecule has 0 fully saturated rings. The van der Waals surface area contributed by atoms with E-state index in [0.717, 1.165) is 11.1 Å². The Morgan fingerprint density at radius 1 is 0.548 bits per heavy atom. The van der Waals surface area contributed by atoms with Crippen molar-refractivity contribution in [2.45, 2.75) is 23.0 Å². The zero-order valence-electron chi connectivity index (χ0n) is 16.6. The fourth-order valence-electron chi connectivity index (χ4n) is 2.86. The van der Waals surface area contributed by atoms with Gasteiger partial charge in [-0.25, -0.2) is 8.42 Å².